The summed E-state index contributed by atoms with van der Waals surface area (Å²) >= 11 is -0.504. The molecule has 3 aromatic carbocycles. The van der Waals surface area contributed by atoms with E-state index in [2.05, 4.69) is 107 Å². The maximum absolute atomic E-state index is 11.7. The smallest absolute Gasteiger partial charge is 0 e. The van der Waals surface area contributed by atoms with Crippen molar-refractivity contribution in [1.29, 1.82) is 0 Å². The first kappa shape index (κ1) is 41.8. The van der Waals surface area contributed by atoms with Crippen LogP contribution >= 0.6 is 11.3 Å². The Kier molecular flexibility index (Phi) is 15.3. The van der Waals surface area contributed by atoms with Gasteiger partial charge in [-0.25, -0.2) is 0 Å². The number of ketones is 1. The Bertz CT molecular complexity index is 1930. The minimum Gasteiger partial charge on any atom is 0 e. The summed E-state index contributed by atoms with van der Waals surface area (Å²) in [5, 5.41) is 13.6. The third kappa shape index (κ3) is 9.26. The molecule has 0 atom stereocenters. The quantitative estimate of drug-likeness (QED) is 0.0621. The molecule has 0 saturated carbocycles. The van der Waals surface area contributed by atoms with Gasteiger partial charge >= 0.3 is 211 Å². The summed E-state index contributed by atoms with van der Waals surface area (Å²) in [7, 11) is 0. The van der Waals surface area contributed by atoms with Crippen LogP contribution in [0.3, 0.4) is 0 Å². The van der Waals surface area contributed by atoms with E-state index in [0.717, 1.165) is 36.9 Å². The molecule has 0 aliphatic heterocycles. The average molecular weight is 928 g/mol. The van der Waals surface area contributed by atoms with E-state index in [1.807, 2.05) is 45.2 Å². The van der Waals surface area contributed by atoms with Gasteiger partial charge in [-0.05, 0) is 25.7 Å². The summed E-state index contributed by atoms with van der Waals surface area (Å²) in [6.45, 7) is 19.4. The fourth-order valence-corrected chi connectivity index (χ4v) is 16.5. The normalized spacial score (nSPS) is 12.1. The molecule has 0 aliphatic rings. The molecular formula is C44H56GeIrNO2S-. The largest absolute Gasteiger partial charge is 0 e. The van der Waals surface area contributed by atoms with E-state index in [9.17, 15) is 9.90 Å². The molecule has 5 aromatic rings. The predicted octanol–water partition coefficient (Wildman–Crippen LogP) is 11.7. The van der Waals surface area contributed by atoms with Crippen LogP contribution in [0, 0.1) is 38.7 Å². The SMILES string of the molecule is CCC(CC)C(=O)/C=C(\O)C(CC)CC.Cc1cc(C)c[c]([Ge]([CH3])([CH3])[c]2sc3c(-c4[c-]c5ccccc5c(C(C)C)c4)nccc3c2C)c1.[Ir]. The predicted molar refractivity (Wildman–Crippen MR) is 217 cm³/mol. The van der Waals surface area contributed by atoms with Crippen LogP contribution in [0.4, 0.5) is 0 Å². The number of pyridine rings is 1. The molecule has 2 aromatic heterocycles. The first-order valence-corrected chi connectivity index (χ1v) is 25.2. The molecule has 1 N–H and O–H groups in total. The number of fused-ring (bicyclic) bond motifs is 2. The van der Waals surface area contributed by atoms with Crippen LogP contribution in [-0.4, -0.2) is 29.1 Å². The topological polar surface area (TPSA) is 50.2 Å². The van der Waals surface area contributed by atoms with Crippen LogP contribution in [0.5, 0.6) is 0 Å². The van der Waals surface area contributed by atoms with Gasteiger partial charge in [-0.1, -0.05) is 27.7 Å². The summed E-state index contributed by atoms with van der Waals surface area (Å²) in [4.78, 5) is 16.6. The molecule has 1 radical (unpaired) electrons. The molecule has 5 rings (SSSR count). The van der Waals surface area contributed by atoms with Gasteiger partial charge in [0.25, 0.3) is 0 Å². The number of aliphatic hydroxyl groups is 1. The van der Waals surface area contributed by atoms with Crippen molar-refractivity contribution in [2.75, 3.05) is 0 Å². The van der Waals surface area contributed by atoms with Gasteiger partial charge in [0.2, 0.25) is 0 Å². The standard InChI is InChI=1S/C31H32GeNS.C13H24O2.Ir/c1-19(2)28-18-24(17-23-10-8-9-11-27(23)28)29-30-26(12-13-33-29)22(5)31(34-30)32(6,7)25-15-20(3)14-21(4)16-25;1-5-10(6-2)12(14)9-13(15)11(7-3)8-4;/h8-16,18-19H,1-7H3;9-11,14H,5-8H2,1-4H3;/q-1;;/b;12-9-;. The Morgan fingerprint density at radius 2 is 1.48 bits per heavy atom. The van der Waals surface area contributed by atoms with Gasteiger partial charge in [0, 0.05) is 38.0 Å². The number of carbonyl (C=O) groups excluding carboxylic acids is 1. The molecule has 0 aliphatic carbocycles. The monoisotopic (exact) mass is 929 g/mol. The number of benzene rings is 3. The molecule has 0 saturated heterocycles. The zero-order valence-corrected chi connectivity index (χ0v) is 37.3. The van der Waals surface area contributed by atoms with Crippen LogP contribution in [0.15, 0.2) is 72.6 Å². The minimum atomic E-state index is -2.48. The van der Waals surface area contributed by atoms with Crippen LogP contribution < -0.4 is 8.11 Å². The molecule has 3 nitrogen and oxygen atoms in total. The number of aromatic nitrogens is 1. The molecule has 0 unspecified atom stereocenters. The average Bonchev–Trinajstić information content (AvgIpc) is 3.42. The van der Waals surface area contributed by atoms with Crippen LogP contribution in [-0.2, 0) is 24.9 Å². The van der Waals surface area contributed by atoms with E-state index >= 15 is 0 Å². The summed E-state index contributed by atoms with van der Waals surface area (Å²) < 4.78 is 4.46. The van der Waals surface area contributed by atoms with Crippen molar-refractivity contribution in [3.8, 4) is 11.3 Å². The first-order chi connectivity index (χ1) is 23.3. The van der Waals surface area contributed by atoms with Gasteiger partial charge in [-0.15, -0.1) is 0 Å². The zero-order chi connectivity index (χ0) is 36.0. The van der Waals surface area contributed by atoms with Gasteiger partial charge in [-0.3, -0.25) is 4.79 Å². The number of hydrogen-bond acceptors (Lipinski definition) is 4. The summed E-state index contributed by atoms with van der Waals surface area (Å²) in [5.74, 6) is 6.07. The van der Waals surface area contributed by atoms with Crippen molar-refractivity contribution in [1.82, 2.24) is 4.98 Å². The van der Waals surface area contributed by atoms with Gasteiger partial charge in [-0.2, -0.15) is 0 Å². The van der Waals surface area contributed by atoms with Gasteiger partial charge in [0.15, 0.2) is 5.78 Å². The van der Waals surface area contributed by atoms with E-state index in [0.29, 0.717) is 5.92 Å². The summed E-state index contributed by atoms with van der Waals surface area (Å²) in [6.07, 6.45) is 6.89. The van der Waals surface area contributed by atoms with Gasteiger partial charge in [0.05, 0.1) is 5.76 Å². The van der Waals surface area contributed by atoms with Crippen molar-refractivity contribution >= 4 is 59.4 Å². The number of aliphatic hydroxyl groups excluding tert-OH is 1. The molecule has 0 fully saturated rings. The van der Waals surface area contributed by atoms with Crippen LogP contribution in [0.25, 0.3) is 32.1 Å². The molecule has 0 spiro atoms. The Labute approximate surface area is 321 Å². The first-order valence-electron chi connectivity index (χ1n) is 18.1. The van der Waals surface area contributed by atoms with Crippen molar-refractivity contribution in [2.45, 2.75) is 105 Å². The van der Waals surface area contributed by atoms with Crippen molar-refractivity contribution in [3.63, 3.8) is 0 Å². The van der Waals surface area contributed by atoms with Crippen LogP contribution in [0.1, 0.15) is 95.4 Å². The Hall–Kier alpha value is -2.57. The second kappa shape index (κ2) is 18.3. The van der Waals surface area contributed by atoms with E-state index in [1.165, 1.54) is 49.2 Å². The Morgan fingerprint density at radius 3 is 2.06 bits per heavy atom. The van der Waals surface area contributed by atoms with Crippen LogP contribution in [0.2, 0.25) is 11.5 Å². The second-order valence-electron chi connectivity index (χ2n) is 14.4. The molecule has 0 bridgehead atoms. The van der Waals surface area contributed by atoms with E-state index in [1.54, 1.807) is 8.11 Å². The molecular weight excluding hydrogens is 871 g/mol. The van der Waals surface area contributed by atoms with E-state index in [-0.39, 0.29) is 43.5 Å². The number of rotatable bonds is 11. The summed E-state index contributed by atoms with van der Waals surface area (Å²) in [6, 6.07) is 24.0. The molecule has 269 valence electrons. The molecule has 6 heteroatoms. The number of aryl methyl sites for hydroxylation is 3. The van der Waals surface area contributed by atoms with Crippen molar-refractivity contribution in [2.24, 2.45) is 11.8 Å². The Morgan fingerprint density at radius 1 is 0.880 bits per heavy atom. The van der Waals surface area contributed by atoms with Crippen molar-refractivity contribution in [3.05, 3.63) is 101 Å². The molecule has 50 heavy (non-hydrogen) atoms. The number of thiophene rings is 1. The third-order valence-corrected chi connectivity index (χ3v) is 21.4. The van der Waals surface area contributed by atoms with E-state index < -0.39 is 13.3 Å². The second-order valence-corrected chi connectivity index (χ2v) is 25.3. The zero-order valence-electron chi connectivity index (χ0n) is 32.0. The number of allylic oxidation sites excluding steroid dienone is 2. The maximum Gasteiger partial charge on any atom is 0 e. The number of hydrogen-bond donors (Lipinski definition) is 1. The van der Waals surface area contributed by atoms with Crippen molar-refractivity contribution < 1.29 is 30.0 Å². The summed E-state index contributed by atoms with van der Waals surface area (Å²) in [5.41, 5.74) is 7.71. The maximum atomic E-state index is 11.7. The van der Waals surface area contributed by atoms with E-state index in [4.69, 9.17) is 4.98 Å². The van der Waals surface area contributed by atoms with Gasteiger partial charge < -0.3 is 5.11 Å². The third-order valence-electron chi connectivity index (χ3n) is 10.1. The molecule has 0 amide bonds. The Balaban J connectivity index is 0.000000361. The number of carbonyl (C=O) groups is 1. The molecule has 2 heterocycles. The fraction of sp³-hybridized carbons (Fsp3) is 0.409. The minimum absolute atomic E-state index is 0. The number of nitrogens with zero attached hydrogens (tertiary/aromatic N) is 1. The fourth-order valence-electron chi connectivity index (χ4n) is 7.05. The van der Waals surface area contributed by atoms with Gasteiger partial charge in [0.1, 0.15) is 0 Å².